The predicted molar refractivity (Wildman–Crippen MR) is 114 cm³/mol. The lowest BCUT2D eigenvalue weighted by molar-refractivity contribution is 0.0299. The Morgan fingerprint density at radius 2 is 1.62 bits per heavy atom. The van der Waals surface area contributed by atoms with Crippen LogP contribution in [0.4, 0.5) is 11.5 Å². The van der Waals surface area contributed by atoms with Crippen LogP contribution in [-0.2, 0) is 4.74 Å². The van der Waals surface area contributed by atoms with Crippen LogP contribution in [0.15, 0.2) is 24.3 Å². The van der Waals surface area contributed by atoms with Crippen molar-refractivity contribution in [3.8, 4) is 0 Å². The number of hydrogen-bond donors (Lipinski definition) is 0. The smallest absolute Gasteiger partial charge is 0.272 e. The molecule has 7 heteroatoms. The van der Waals surface area contributed by atoms with E-state index >= 15 is 0 Å². The predicted octanol–water partition coefficient (Wildman–Crippen LogP) is 2.20. The quantitative estimate of drug-likeness (QED) is 0.794. The van der Waals surface area contributed by atoms with Crippen molar-refractivity contribution in [1.29, 1.82) is 0 Å². The van der Waals surface area contributed by atoms with Crippen molar-refractivity contribution in [3.63, 3.8) is 0 Å². The molecule has 0 saturated carbocycles. The van der Waals surface area contributed by atoms with E-state index in [1.807, 2.05) is 17.9 Å². The highest BCUT2D eigenvalue weighted by Crippen LogP contribution is 2.25. The summed E-state index contributed by atoms with van der Waals surface area (Å²) >= 11 is 0. The van der Waals surface area contributed by atoms with Gasteiger partial charge >= 0.3 is 0 Å². The Morgan fingerprint density at radius 3 is 2.34 bits per heavy atom. The third-order valence-corrected chi connectivity index (χ3v) is 5.86. The van der Waals surface area contributed by atoms with Crippen LogP contribution < -0.4 is 9.80 Å². The molecule has 4 rings (SSSR count). The van der Waals surface area contributed by atoms with Crippen LogP contribution in [0.25, 0.3) is 0 Å². The number of aromatic nitrogens is 2. The first-order chi connectivity index (χ1) is 14.0. The average molecular weight is 396 g/mol. The molecule has 2 aromatic rings. The van der Waals surface area contributed by atoms with E-state index in [0.29, 0.717) is 37.8 Å². The van der Waals surface area contributed by atoms with Crippen molar-refractivity contribution in [3.05, 3.63) is 46.9 Å². The fourth-order valence-corrected chi connectivity index (χ4v) is 4.01. The van der Waals surface area contributed by atoms with E-state index in [1.54, 1.807) is 0 Å². The Kier molecular flexibility index (Phi) is 5.67. The summed E-state index contributed by atoms with van der Waals surface area (Å²) in [6.45, 7) is 12.2. The van der Waals surface area contributed by atoms with Crippen LogP contribution in [0.5, 0.6) is 0 Å². The maximum Gasteiger partial charge on any atom is 0.272 e. The molecule has 1 amide bonds. The van der Waals surface area contributed by atoms with Crippen LogP contribution in [-0.4, -0.2) is 73.3 Å². The second-order valence-corrected chi connectivity index (χ2v) is 7.76. The molecule has 0 atom stereocenters. The summed E-state index contributed by atoms with van der Waals surface area (Å²) in [6.07, 6.45) is 0. The molecule has 1 aromatic heterocycles. The molecule has 1 aromatic carbocycles. The second-order valence-electron chi connectivity index (χ2n) is 7.76. The van der Waals surface area contributed by atoms with E-state index < -0.39 is 0 Å². The minimum atomic E-state index is -0.0333. The molecule has 0 bridgehead atoms. The molecular weight excluding hydrogens is 366 g/mol. The van der Waals surface area contributed by atoms with Gasteiger partial charge in [0, 0.05) is 51.0 Å². The highest BCUT2D eigenvalue weighted by Gasteiger charge is 2.24. The number of aryl methyl sites for hydroxylation is 2. The van der Waals surface area contributed by atoms with Gasteiger partial charge in [0.05, 0.1) is 13.2 Å². The number of morpholine rings is 1. The molecule has 2 aliphatic heterocycles. The topological polar surface area (TPSA) is 61.8 Å². The minimum Gasteiger partial charge on any atom is -0.378 e. The number of nitrogens with zero attached hydrogens (tertiary/aromatic N) is 5. The average Bonchev–Trinajstić information content (AvgIpc) is 2.75. The zero-order chi connectivity index (χ0) is 20.4. The number of ether oxygens (including phenoxy) is 1. The number of carbonyl (C=O) groups excluding carboxylic acids is 1. The van der Waals surface area contributed by atoms with Gasteiger partial charge in [-0.2, -0.15) is 0 Å². The van der Waals surface area contributed by atoms with Crippen LogP contribution in [0.3, 0.4) is 0 Å². The molecule has 0 unspecified atom stereocenters. The van der Waals surface area contributed by atoms with E-state index in [1.165, 1.54) is 16.8 Å². The van der Waals surface area contributed by atoms with Gasteiger partial charge in [0.25, 0.3) is 5.91 Å². The first-order valence-corrected chi connectivity index (χ1v) is 10.3. The summed E-state index contributed by atoms with van der Waals surface area (Å²) < 4.78 is 5.35. The summed E-state index contributed by atoms with van der Waals surface area (Å²) in [4.78, 5) is 28.4. The van der Waals surface area contributed by atoms with E-state index in [2.05, 4.69) is 51.8 Å². The van der Waals surface area contributed by atoms with Crippen molar-refractivity contribution >= 4 is 17.4 Å². The molecule has 2 saturated heterocycles. The molecule has 2 fully saturated rings. The van der Waals surface area contributed by atoms with Gasteiger partial charge in [0.1, 0.15) is 17.3 Å². The van der Waals surface area contributed by atoms with Crippen LogP contribution in [0.1, 0.15) is 27.4 Å². The Labute approximate surface area is 172 Å². The maximum atomic E-state index is 12.8. The standard InChI is InChI=1S/C22H29N5O2/c1-16-5-4-6-20(17(16)2)25-7-9-26(10-8-25)21-15-19(23-18(3)24-21)22(28)27-11-13-29-14-12-27/h4-6,15H,7-14H2,1-3H3. The number of piperazine rings is 1. The number of benzene rings is 1. The fraction of sp³-hybridized carbons (Fsp3) is 0.500. The van der Waals surface area contributed by atoms with Crippen LogP contribution in [0, 0.1) is 20.8 Å². The highest BCUT2D eigenvalue weighted by molar-refractivity contribution is 5.93. The summed E-state index contributed by atoms with van der Waals surface area (Å²) in [5.74, 6) is 1.44. The zero-order valence-corrected chi connectivity index (χ0v) is 17.5. The van der Waals surface area contributed by atoms with Crippen molar-refractivity contribution in [2.75, 3.05) is 62.3 Å². The van der Waals surface area contributed by atoms with Crippen molar-refractivity contribution in [2.24, 2.45) is 0 Å². The maximum absolute atomic E-state index is 12.8. The molecule has 0 N–H and O–H groups in total. The number of carbonyl (C=O) groups is 1. The molecular formula is C22H29N5O2. The molecule has 0 aliphatic carbocycles. The SMILES string of the molecule is Cc1nc(C(=O)N2CCOCC2)cc(N2CCN(c3cccc(C)c3C)CC2)n1. The molecule has 7 nitrogen and oxygen atoms in total. The second kappa shape index (κ2) is 8.37. The molecule has 0 radical (unpaired) electrons. The van der Waals surface area contributed by atoms with Gasteiger partial charge in [0.2, 0.25) is 0 Å². The van der Waals surface area contributed by atoms with Gasteiger partial charge in [0.15, 0.2) is 0 Å². The van der Waals surface area contributed by atoms with Gasteiger partial charge in [-0.15, -0.1) is 0 Å². The molecule has 2 aliphatic rings. The van der Waals surface area contributed by atoms with Gasteiger partial charge in [-0.05, 0) is 38.0 Å². The Hall–Kier alpha value is -2.67. The molecule has 154 valence electrons. The third-order valence-electron chi connectivity index (χ3n) is 5.86. The summed E-state index contributed by atoms with van der Waals surface area (Å²) in [5, 5.41) is 0. The third kappa shape index (κ3) is 4.19. The minimum absolute atomic E-state index is 0.0333. The number of amides is 1. The van der Waals surface area contributed by atoms with Gasteiger partial charge in [-0.25, -0.2) is 9.97 Å². The Morgan fingerprint density at radius 1 is 0.931 bits per heavy atom. The Bertz CT molecular complexity index is 887. The lowest BCUT2D eigenvalue weighted by atomic mass is 10.1. The molecule has 3 heterocycles. The van der Waals surface area contributed by atoms with E-state index in [4.69, 9.17) is 4.74 Å². The molecule has 0 spiro atoms. The van der Waals surface area contributed by atoms with Gasteiger partial charge in [-0.1, -0.05) is 12.1 Å². The Balaban J connectivity index is 1.47. The van der Waals surface area contributed by atoms with Gasteiger partial charge in [-0.3, -0.25) is 4.79 Å². The summed E-state index contributed by atoms with van der Waals surface area (Å²) in [7, 11) is 0. The van der Waals surface area contributed by atoms with E-state index in [9.17, 15) is 4.79 Å². The van der Waals surface area contributed by atoms with Crippen LogP contribution in [0.2, 0.25) is 0 Å². The summed E-state index contributed by atoms with van der Waals surface area (Å²) in [5.41, 5.74) is 4.46. The zero-order valence-electron chi connectivity index (χ0n) is 17.5. The number of rotatable bonds is 3. The van der Waals surface area contributed by atoms with Gasteiger partial charge < -0.3 is 19.4 Å². The lowest BCUT2D eigenvalue weighted by Crippen LogP contribution is -2.47. The summed E-state index contributed by atoms with van der Waals surface area (Å²) in [6, 6.07) is 8.33. The van der Waals surface area contributed by atoms with E-state index in [0.717, 1.165) is 32.0 Å². The first kappa shape index (κ1) is 19.6. The normalized spacial score (nSPS) is 17.6. The monoisotopic (exact) mass is 395 g/mol. The van der Waals surface area contributed by atoms with E-state index in [-0.39, 0.29) is 5.91 Å². The van der Waals surface area contributed by atoms with Crippen molar-refractivity contribution in [2.45, 2.75) is 20.8 Å². The fourth-order valence-electron chi connectivity index (χ4n) is 4.01. The number of hydrogen-bond acceptors (Lipinski definition) is 6. The van der Waals surface area contributed by atoms with Crippen LogP contribution >= 0.6 is 0 Å². The first-order valence-electron chi connectivity index (χ1n) is 10.3. The largest absolute Gasteiger partial charge is 0.378 e. The number of anilines is 2. The van der Waals surface area contributed by atoms with Crippen molar-refractivity contribution in [1.82, 2.24) is 14.9 Å². The highest BCUT2D eigenvalue weighted by atomic mass is 16.5. The molecule has 29 heavy (non-hydrogen) atoms. The van der Waals surface area contributed by atoms with Crippen molar-refractivity contribution < 1.29 is 9.53 Å². The lowest BCUT2D eigenvalue weighted by Gasteiger charge is -2.37.